The number of rotatable bonds is 11. The summed E-state index contributed by atoms with van der Waals surface area (Å²) in [5, 5.41) is 8.35. The maximum absolute atomic E-state index is 8.41. The van der Waals surface area contributed by atoms with Crippen LogP contribution in [-0.4, -0.2) is 63.5 Å². The van der Waals surface area contributed by atoms with E-state index in [0.717, 1.165) is 0 Å². The first-order valence-corrected chi connectivity index (χ1v) is 5.73. The summed E-state index contributed by atoms with van der Waals surface area (Å²) < 4.78 is 20.4. The number of hydrogen-bond donors (Lipinski definition) is 1. The predicted molar refractivity (Wildman–Crippen MR) is 59.3 cm³/mol. The Bertz CT molecular complexity index is 125. The third kappa shape index (κ3) is 12.2. The van der Waals surface area contributed by atoms with E-state index in [2.05, 4.69) is 15.9 Å². The quantitative estimate of drug-likeness (QED) is 0.440. The highest BCUT2D eigenvalue weighted by molar-refractivity contribution is 9.09. The van der Waals surface area contributed by atoms with Crippen LogP contribution in [0.15, 0.2) is 0 Å². The zero-order valence-corrected chi connectivity index (χ0v) is 10.6. The van der Waals surface area contributed by atoms with E-state index < -0.39 is 0 Å². The smallest absolute Gasteiger partial charge is 0.135 e. The van der Waals surface area contributed by atoms with Gasteiger partial charge in [-0.25, -0.2) is 0 Å². The topological polar surface area (TPSA) is 57.2 Å². The van der Waals surface area contributed by atoms with Gasteiger partial charge in [0.25, 0.3) is 0 Å². The third-order valence-electron chi connectivity index (χ3n) is 1.48. The van der Waals surface area contributed by atoms with Crippen LogP contribution in [0, 0.1) is 0 Å². The second kappa shape index (κ2) is 12.4. The van der Waals surface area contributed by atoms with Crippen molar-refractivity contribution >= 4 is 15.9 Å². The van der Waals surface area contributed by atoms with Gasteiger partial charge in [0.1, 0.15) is 5.01 Å². The average molecular weight is 287 g/mol. The van der Waals surface area contributed by atoms with Crippen LogP contribution < -0.4 is 0 Å². The van der Waals surface area contributed by atoms with Gasteiger partial charge in [0.15, 0.2) is 0 Å². The molecule has 0 saturated heterocycles. The lowest BCUT2D eigenvalue weighted by molar-refractivity contribution is -0.00462. The second-order valence-corrected chi connectivity index (χ2v) is 3.69. The number of hydrogen-bond acceptors (Lipinski definition) is 5. The van der Waals surface area contributed by atoms with Crippen LogP contribution in [0.2, 0.25) is 0 Å². The van der Waals surface area contributed by atoms with Crippen molar-refractivity contribution in [2.75, 3.05) is 53.4 Å². The van der Waals surface area contributed by atoms with Crippen LogP contribution in [0.5, 0.6) is 0 Å². The number of methoxy groups -OCH3 is 1. The van der Waals surface area contributed by atoms with Gasteiger partial charge in [-0.2, -0.15) is 0 Å². The van der Waals surface area contributed by atoms with Crippen molar-refractivity contribution in [1.82, 2.24) is 0 Å². The standard InChI is InChI=1S/C9H19BrO5/c1-12-9(10)8-15-7-6-14-5-4-13-3-2-11/h9,11H,2-8H2,1H3. The summed E-state index contributed by atoms with van der Waals surface area (Å²) in [4.78, 5) is 0. The number of halogens is 1. The summed E-state index contributed by atoms with van der Waals surface area (Å²) in [7, 11) is 1.61. The molecule has 0 fully saturated rings. The molecule has 15 heavy (non-hydrogen) atoms. The van der Waals surface area contributed by atoms with Gasteiger partial charge in [0, 0.05) is 7.11 Å². The fourth-order valence-electron chi connectivity index (χ4n) is 0.748. The first kappa shape index (κ1) is 15.3. The largest absolute Gasteiger partial charge is 0.394 e. The molecule has 0 rings (SSSR count). The minimum absolute atomic E-state index is 0.0484. The van der Waals surface area contributed by atoms with Gasteiger partial charge in [-0.15, -0.1) is 0 Å². The van der Waals surface area contributed by atoms with Gasteiger partial charge in [-0.3, -0.25) is 0 Å². The fraction of sp³-hybridized carbons (Fsp3) is 1.00. The van der Waals surface area contributed by atoms with E-state index in [1.807, 2.05) is 0 Å². The van der Waals surface area contributed by atoms with Crippen molar-refractivity contribution in [3.63, 3.8) is 0 Å². The zero-order chi connectivity index (χ0) is 11.4. The molecule has 0 heterocycles. The van der Waals surface area contributed by atoms with Gasteiger partial charge in [0.2, 0.25) is 0 Å². The zero-order valence-electron chi connectivity index (χ0n) is 8.99. The van der Waals surface area contributed by atoms with Crippen LogP contribution >= 0.6 is 15.9 Å². The molecule has 0 aliphatic heterocycles. The van der Waals surface area contributed by atoms with Crippen molar-refractivity contribution < 1.29 is 24.1 Å². The molecule has 0 aliphatic carbocycles. The molecule has 1 unspecified atom stereocenters. The molecule has 0 aromatic rings. The van der Waals surface area contributed by atoms with Gasteiger partial charge in [-0.1, -0.05) is 15.9 Å². The summed E-state index contributed by atoms with van der Waals surface area (Å²) in [6, 6.07) is 0. The molecule has 0 aromatic carbocycles. The molecular weight excluding hydrogens is 268 g/mol. The molecule has 0 aliphatic rings. The molecule has 0 saturated carbocycles. The van der Waals surface area contributed by atoms with E-state index in [1.165, 1.54) is 0 Å². The molecule has 92 valence electrons. The number of ether oxygens (including phenoxy) is 4. The molecule has 1 atom stereocenters. The van der Waals surface area contributed by atoms with Crippen molar-refractivity contribution in [1.29, 1.82) is 0 Å². The monoisotopic (exact) mass is 286 g/mol. The highest BCUT2D eigenvalue weighted by Crippen LogP contribution is 1.99. The maximum atomic E-state index is 8.41. The third-order valence-corrected chi connectivity index (χ3v) is 2.12. The summed E-state index contributed by atoms with van der Waals surface area (Å²) in [5.41, 5.74) is 0. The number of alkyl halides is 1. The first-order valence-electron chi connectivity index (χ1n) is 4.82. The Morgan fingerprint density at radius 1 is 1.00 bits per heavy atom. The van der Waals surface area contributed by atoms with E-state index in [4.69, 9.17) is 24.1 Å². The first-order chi connectivity index (χ1) is 7.31. The Balaban J connectivity index is 2.92. The van der Waals surface area contributed by atoms with Crippen LogP contribution in [0.25, 0.3) is 0 Å². The molecule has 5 nitrogen and oxygen atoms in total. The van der Waals surface area contributed by atoms with Crippen molar-refractivity contribution in [2.45, 2.75) is 5.01 Å². The highest BCUT2D eigenvalue weighted by atomic mass is 79.9. The van der Waals surface area contributed by atoms with Crippen LogP contribution in [0.3, 0.4) is 0 Å². The van der Waals surface area contributed by atoms with E-state index in [1.54, 1.807) is 7.11 Å². The molecule has 0 amide bonds. The van der Waals surface area contributed by atoms with E-state index in [0.29, 0.717) is 39.6 Å². The molecule has 0 aromatic heterocycles. The SMILES string of the molecule is COC(Br)COCCOCCOCCO. The maximum Gasteiger partial charge on any atom is 0.135 e. The lowest BCUT2D eigenvalue weighted by Crippen LogP contribution is -2.15. The summed E-state index contributed by atoms with van der Waals surface area (Å²) >= 11 is 3.26. The lowest BCUT2D eigenvalue weighted by atomic mass is 10.7. The fourth-order valence-corrected chi connectivity index (χ4v) is 0.935. The summed E-state index contributed by atoms with van der Waals surface area (Å²) in [6.45, 7) is 3.00. The Kier molecular flexibility index (Phi) is 12.6. The van der Waals surface area contributed by atoms with E-state index >= 15 is 0 Å². The van der Waals surface area contributed by atoms with Crippen molar-refractivity contribution in [2.24, 2.45) is 0 Å². The van der Waals surface area contributed by atoms with Crippen molar-refractivity contribution in [3.05, 3.63) is 0 Å². The molecule has 0 bridgehead atoms. The lowest BCUT2D eigenvalue weighted by Gasteiger charge is -2.09. The Labute approximate surface area is 98.8 Å². The minimum Gasteiger partial charge on any atom is -0.394 e. The predicted octanol–water partition coefficient (Wildman–Crippen LogP) is 0.396. The van der Waals surface area contributed by atoms with Crippen LogP contribution in [0.1, 0.15) is 0 Å². The molecule has 0 radical (unpaired) electrons. The number of aliphatic hydroxyl groups is 1. The summed E-state index contributed by atoms with van der Waals surface area (Å²) in [5.74, 6) is 0. The second-order valence-electron chi connectivity index (χ2n) is 2.67. The normalized spacial score (nSPS) is 13.0. The van der Waals surface area contributed by atoms with Gasteiger partial charge in [0.05, 0.1) is 46.2 Å². The van der Waals surface area contributed by atoms with Crippen molar-refractivity contribution in [3.8, 4) is 0 Å². The molecule has 1 N–H and O–H groups in total. The average Bonchev–Trinajstić information content (AvgIpc) is 2.26. The Morgan fingerprint density at radius 3 is 2.07 bits per heavy atom. The van der Waals surface area contributed by atoms with E-state index in [-0.39, 0.29) is 11.6 Å². The Morgan fingerprint density at radius 2 is 1.53 bits per heavy atom. The van der Waals surface area contributed by atoms with Crippen LogP contribution in [-0.2, 0) is 18.9 Å². The van der Waals surface area contributed by atoms with Crippen LogP contribution in [0.4, 0.5) is 0 Å². The number of aliphatic hydroxyl groups excluding tert-OH is 1. The highest BCUT2D eigenvalue weighted by Gasteiger charge is 1.99. The van der Waals surface area contributed by atoms with Gasteiger partial charge >= 0.3 is 0 Å². The van der Waals surface area contributed by atoms with E-state index in [9.17, 15) is 0 Å². The Hall–Kier alpha value is 0.280. The minimum atomic E-state index is -0.0645. The molecule has 6 heteroatoms. The van der Waals surface area contributed by atoms with Gasteiger partial charge < -0.3 is 24.1 Å². The van der Waals surface area contributed by atoms with Gasteiger partial charge in [-0.05, 0) is 0 Å². The molecular formula is C9H19BrO5. The molecule has 0 spiro atoms. The summed E-state index contributed by atoms with van der Waals surface area (Å²) in [6.07, 6.45) is 0.